The zero-order chi connectivity index (χ0) is 20.1. The minimum absolute atomic E-state index is 0.0374. The first-order valence-corrected chi connectivity index (χ1v) is 10.9. The SMILES string of the molecule is Cn1c(SCC(=O)NCc2ccccc2Cn2cccn2)nnc1-c1cccs1. The Hall–Kier alpha value is -2.91. The molecule has 0 radical (unpaired) electrons. The minimum atomic E-state index is -0.0374. The van der Waals surface area contributed by atoms with E-state index in [1.807, 2.05) is 64.3 Å². The highest BCUT2D eigenvalue weighted by atomic mass is 32.2. The molecule has 1 amide bonds. The van der Waals surface area contributed by atoms with E-state index in [0.29, 0.717) is 13.1 Å². The van der Waals surface area contributed by atoms with E-state index in [-0.39, 0.29) is 11.7 Å². The van der Waals surface area contributed by atoms with Gasteiger partial charge in [-0.2, -0.15) is 5.10 Å². The molecule has 0 unspecified atom stereocenters. The van der Waals surface area contributed by atoms with Crippen LogP contribution < -0.4 is 5.32 Å². The molecule has 0 saturated heterocycles. The Labute approximate surface area is 176 Å². The van der Waals surface area contributed by atoms with Gasteiger partial charge in [0.2, 0.25) is 5.91 Å². The zero-order valence-corrected chi connectivity index (χ0v) is 17.5. The predicted octanol–water partition coefficient (Wildman–Crippen LogP) is 3.20. The molecule has 0 fully saturated rings. The lowest BCUT2D eigenvalue weighted by Gasteiger charge is -2.11. The van der Waals surface area contributed by atoms with Crippen LogP contribution in [-0.4, -0.2) is 36.2 Å². The number of benzene rings is 1. The number of rotatable bonds is 8. The Morgan fingerprint density at radius 3 is 2.76 bits per heavy atom. The van der Waals surface area contributed by atoms with Gasteiger partial charge in [0.25, 0.3) is 0 Å². The second kappa shape index (κ2) is 9.06. The molecule has 0 spiro atoms. The first kappa shape index (κ1) is 19.4. The lowest BCUT2D eigenvalue weighted by atomic mass is 10.1. The highest BCUT2D eigenvalue weighted by Gasteiger charge is 2.13. The van der Waals surface area contributed by atoms with E-state index in [1.165, 1.54) is 11.8 Å². The van der Waals surface area contributed by atoms with E-state index < -0.39 is 0 Å². The van der Waals surface area contributed by atoms with Crippen molar-refractivity contribution in [3.63, 3.8) is 0 Å². The summed E-state index contributed by atoms with van der Waals surface area (Å²) >= 11 is 3.00. The third-order valence-electron chi connectivity index (χ3n) is 4.39. The van der Waals surface area contributed by atoms with E-state index in [9.17, 15) is 4.79 Å². The summed E-state index contributed by atoms with van der Waals surface area (Å²) in [5, 5.41) is 18.4. The third kappa shape index (κ3) is 4.75. The molecular formula is C20H20N6OS2. The van der Waals surface area contributed by atoms with Crippen molar-refractivity contribution in [2.45, 2.75) is 18.2 Å². The molecule has 0 aliphatic carbocycles. The lowest BCUT2D eigenvalue weighted by Crippen LogP contribution is -2.25. The van der Waals surface area contributed by atoms with E-state index in [4.69, 9.17) is 0 Å². The van der Waals surface area contributed by atoms with Crippen LogP contribution in [0.5, 0.6) is 0 Å². The van der Waals surface area contributed by atoms with Gasteiger partial charge in [-0.3, -0.25) is 9.48 Å². The van der Waals surface area contributed by atoms with Gasteiger partial charge in [0.15, 0.2) is 11.0 Å². The van der Waals surface area contributed by atoms with Gasteiger partial charge in [-0.1, -0.05) is 42.1 Å². The molecule has 7 nitrogen and oxygen atoms in total. The molecule has 4 aromatic rings. The molecule has 0 aliphatic heterocycles. The van der Waals surface area contributed by atoms with Crippen LogP contribution in [0.1, 0.15) is 11.1 Å². The molecule has 1 N–H and O–H groups in total. The average Bonchev–Trinajstić information content (AvgIpc) is 3.48. The Morgan fingerprint density at radius 1 is 1.14 bits per heavy atom. The molecule has 4 rings (SSSR count). The number of carbonyl (C=O) groups excluding carboxylic acids is 1. The third-order valence-corrected chi connectivity index (χ3v) is 6.28. The summed E-state index contributed by atoms with van der Waals surface area (Å²) in [7, 11) is 1.92. The first-order valence-electron chi connectivity index (χ1n) is 9.07. The second-order valence-corrected chi connectivity index (χ2v) is 8.27. The Morgan fingerprint density at radius 2 is 2.00 bits per heavy atom. The summed E-state index contributed by atoms with van der Waals surface area (Å²) in [6.07, 6.45) is 3.69. The maximum absolute atomic E-state index is 12.4. The van der Waals surface area contributed by atoms with E-state index in [1.54, 1.807) is 17.5 Å². The van der Waals surface area contributed by atoms with Gasteiger partial charge < -0.3 is 9.88 Å². The lowest BCUT2D eigenvalue weighted by molar-refractivity contribution is -0.118. The number of hydrogen-bond donors (Lipinski definition) is 1. The maximum atomic E-state index is 12.4. The van der Waals surface area contributed by atoms with Crippen LogP contribution in [-0.2, 0) is 24.9 Å². The number of thioether (sulfide) groups is 1. The predicted molar refractivity (Wildman–Crippen MR) is 115 cm³/mol. The summed E-state index contributed by atoms with van der Waals surface area (Å²) in [5.41, 5.74) is 2.22. The molecule has 148 valence electrons. The molecule has 3 aromatic heterocycles. The topological polar surface area (TPSA) is 77.6 Å². The largest absolute Gasteiger partial charge is 0.351 e. The number of nitrogens with zero attached hydrogens (tertiary/aromatic N) is 5. The second-order valence-electron chi connectivity index (χ2n) is 6.38. The number of amides is 1. The molecule has 0 bridgehead atoms. The number of aromatic nitrogens is 5. The summed E-state index contributed by atoms with van der Waals surface area (Å²) in [6.45, 7) is 1.16. The van der Waals surface area contributed by atoms with Gasteiger partial charge in [0.1, 0.15) is 0 Å². The molecule has 29 heavy (non-hydrogen) atoms. The summed E-state index contributed by atoms with van der Waals surface area (Å²) in [5.74, 6) is 1.07. The maximum Gasteiger partial charge on any atom is 0.230 e. The molecule has 9 heteroatoms. The van der Waals surface area contributed by atoms with Gasteiger partial charge in [-0.25, -0.2) is 0 Å². The number of thiophene rings is 1. The van der Waals surface area contributed by atoms with E-state index >= 15 is 0 Å². The molecular weight excluding hydrogens is 404 g/mol. The summed E-state index contributed by atoms with van der Waals surface area (Å²) in [6, 6.07) is 14.0. The van der Waals surface area contributed by atoms with Crippen LogP contribution in [0.4, 0.5) is 0 Å². The average molecular weight is 425 g/mol. The van der Waals surface area contributed by atoms with Gasteiger partial charge >= 0.3 is 0 Å². The fourth-order valence-electron chi connectivity index (χ4n) is 2.89. The van der Waals surface area contributed by atoms with Crippen molar-refractivity contribution in [1.82, 2.24) is 29.9 Å². The quantitative estimate of drug-likeness (QED) is 0.440. The van der Waals surface area contributed by atoms with Crippen LogP contribution >= 0.6 is 23.1 Å². The zero-order valence-electron chi connectivity index (χ0n) is 15.9. The van der Waals surface area contributed by atoms with Crippen LogP contribution in [0.25, 0.3) is 10.7 Å². The van der Waals surface area contributed by atoms with E-state index in [0.717, 1.165) is 27.0 Å². The van der Waals surface area contributed by atoms with Crippen molar-refractivity contribution >= 4 is 29.0 Å². The highest BCUT2D eigenvalue weighted by molar-refractivity contribution is 7.99. The monoisotopic (exact) mass is 424 g/mol. The fourth-order valence-corrected chi connectivity index (χ4v) is 4.37. The highest BCUT2D eigenvalue weighted by Crippen LogP contribution is 2.25. The van der Waals surface area contributed by atoms with Crippen molar-refractivity contribution in [3.05, 3.63) is 71.4 Å². The summed E-state index contributed by atoms with van der Waals surface area (Å²) < 4.78 is 3.79. The molecule has 0 saturated carbocycles. The Balaban J connectivity index is 1.32. The Bertz CT molecular complexity index is 1070. The van der Waals surface area contributed by atoms with Crippen LogP contribution in [0.15, 0.2) is 65.4 Å². The normalized spacial score (nSPS) is 10.9. The van der Waals surface area contributed by atoms with Crippen LogP contribution in [0, 0.1) is 0 Å². The first-order chi connectivity index (χ1) is 14.2. The molecule has 0 atom stereocenters. The number of nitrogens with one attached hydrogen (secondary N) is 1. The van der Waals surface area contributed by atoms with Gasteiger partial charge in [0, 0.05) is 26.0 Å². The molecule has 1 aromatic carbocycles. The minimum Gasteiger partial charge on any atom is -0.351 e. The molecule has 0 aliphatic rings. The van der Waals surface area contributed by atoms with Crippen molar-refractivity contribution in [3.8, 4) is 10.7 Å². The number of hydrogen-bond acceptors (Lipinski definition) is 6. The van der Waals surface area contributed by atoms with Crippen molar-refractivity contribution in [2.75, 3.05) is 5.75 Å². The van der Waals surface area contributed by atoms with E-state index in [2.05, 4.69) is 26.7 Å². The van der Waals surface area contributed by atoms with Crippen molar-refractivity contribution in [2.24, 2.45) is 7.05 Å². The van der Waals surface area contributed by atoms with Gasteiger partial charge in [0.05, 0.1) is 17.2 Å². The fraction of sp³-hybridized carbons (Fsp3) is 0.200. The summed E-state index contributed by atoms with van der Waals surface area (Å²) in [4.78, 5) is 13.4. The molecule has 3 heterocycles. The van der Waals surface area contributed by atoms with Crippen molar-refractivity contribution < 1.29 is 4.79 Å². The van der Waals surface area contributed by atoms with Crippen LogP contribution in [0.2, 0.25) is 0 Å². The Kier molecular flexibility index (Phi) is 6.06. The van der Waals surface area contributed by atoms with Gasteiger partial charge in [-0.05, 0) is 28.6 Å². The van der Waals surface area contributed by atoms with Crippen molar-refractivity contribution in [1.29, 1.82) is 0 Å². The standard InChI is InChI=1S/C20H20N6OS2/c1-25-19(17-8-4-11-28-17)23-24-20(25)29-14-18(27)21-12-15-6-2-3-7-16(15)13-26-10-5-9-22-26/h2-11H,12-14H2,1H3,(H,21,27). The number of carbonyl (C=O) groups is 1. The van der Waals surface area contributed by atoms with Crippen LogP contribution in [0.3, 0.4) is 0 Å². The van der Waals surface area contributed by atoms with Gasteiger partial charge in [-0.15, -0.1) is 21.5 Å². The smallest absolute Gasteiger partial charge is 0.230 e.